The zero-order valence-electron chi connectivity index (χ0n) is 10.9. The van der Waals surface area contributed by atoms with E-state index in [9.17, 15) is 9.59 Å². The molecule has 108 valence electrons. The molecule has 0 aliphatic carbocycles. The molecular weight excluding hydrogens is 274 g/mol. The van der Waals surface area contributed by atoms with E-state index in [1.54, 1.807) is 18.2 Å². The van der Waals surface area contributed by atoms with Crippen LogP contribution in [0.15, 0.2) is 42.7 Å². The third-order valence-electron chi connectivity index (χ3n) is 2.52. The van der Waals surface area contributed by atoms with Gasteiger partial charge in [-0.25, -0.2) is 0 Å². The van der Waals surface area contributed by atoms with Gasteiger partial charge in [0.25, 0.3) is 0 Å². The largest absolute Gasteiger partial charge is 0.508 e. The highest BCUT2D eigenvalue weighted by Crippen LogP contribution is 2.11. The second kappa shape index (κ2) is 6.38. The van der Waals surface area contributed by atoms with E-state index in [4.69, 9.17) is 10.2 Å². The van der Waals surface area contributed by atoms with Gasteiger partial charge in [-0.05, 0) is 23.8 Å². The van der Waals surface area contributed by atoms with Crippen LogP contribution in [0.5, 0.6) is 5.75 Å². The SMILES string of the molecule is O=C(O)Cn1cc(NC(=O)/C=C/c2ccc(O)cc2)cn1. The Morgan fingerprint density at radius 2 is 2.00 bits per heavy atom. The number of phenolic OH excluding ortho intramolecular Hbond substituents is 1. The maximum Gasteiger partial charge on any atom is 0.325 e. The van der Waals surface area contributed by atoms with Gasteiger partial charge in [0.2, 0.25) is 5.91 Å². The molecule has 0 aliphatic heterocycles. The number of hydrogen-bond acceptors (Lipinski definition) is 4. The van der Waals surface area contributed by atoms with Crippen molar-refractivity contribution < 1.29 is 19.8 Å². The van der Waals surface area contributed by atoms with Gasteiger partial charge in [0.05, 0.1) is 11.9 Å². The minimum Gasteiger partial charge on any atom is -0.508 e. The van der Waals surface area contributed by atoms with Crippen molar-refractivity contribution in [3.63, 3.8) is 0 Å². The molecule has 0 atom stereocenters. The van der Waals surface area contributed by atoms with Crippen LogP contribution < -0.4 is 5.32 Å². The summed E-state index contributed by atoms with van der Waals surface area (Å²) < 4.78 is 1.21. The van der Waals surface area contributed by atoms with Gasteiger partial charge in [-0.1, -0.05) is 12.1 Å². The van der Waals surface area contributed by atoms with Crippen molar-refractivity contribution in [2.75, 3.05) is 5.32 Å². The number of aromatic hydroxyl groups is 1. The lowest BCUT2D eigenvalue weighted by molar-refractivity contribution is -0.137. The highest BCUT2D eigenvalue weighted by atomic mass is 16.4. The van der Waals surface area contributed by atoms with Crippen LogP contribution in [0.25, 0.3) is 6.08 Å². The number of carboxylic acids is 1. The van der Waals surface area contributed by atoms with Gasteiger partial charge in [-0.2, -0.15) is 5.10 Å². The highest BCUT2D eigenvalue weighted by molar-refractivity contribution is 6.01. The number of rotatable bonds is 5. The van der Waals surface area contributed by atoms with E-state index < -0.39 is 5.97 Å². The van der Waals surface area contributed by atoms with Crippen molar-refractivity contribution >= 4 is 23.6 Å². The van der Waals surface area contributed by atoms with Crippen molar-refractivity contribution in [1.29, 1.82) is 0 Å². The molecule has 0 saturated carbocycles. The van der Waals surface area contributed by atoms with Gasteiger partial charge in [-0.3, -0.25) is 14.3 Å². The Labute approximate surface area is 120 Å². The molecule has 0 saturated heterocycles. The number of carbonyl (C=O) groups excluding carboxylic acids is 1. The van der Waals surface area contributed by atoms with Gasteiger partial charge in [0.1, 0.15) is 12.3 Å². The minimum atomic E-state index is -1.01. The second-order valence-corrected chi connectivity index (χ2v) is 4.23. The van der Waals surface area contributed by atoms with E-state index in [0.29, 0.717) is 5.69 Å². The van der Waals surface area contributed by atoms with Crippen LogP contribution >= 0.6 is 0 Å². The number of nitrogens with zero attached hydrogens (tertiary/aromatic N) is 2. The van der Waals surface area contributed by atoms with Crippen molar-refractivity contribution in [2.45, 2.75) is 6.54 Å². The molecule has 0 fully saturated rings. The second-order valence-electron chi connectivity index (χ2n) is 4.23. The summed E-state index contributed by atoms with van der Waals surface area (Å²) >= 11 is 0. The molecule has 7 nitrogen and oxygen atoms in total. The topological polar surface area (TPSA) is 104 Å². The van der Waals surface area contributed by atoms with Crippen LogP contribution in [0.2, 0.25) is 0 Å². The molecule has 1 heterocycles. The molecular formula is C14H13N3O4. The van der Waals surface area contributed by atoms with Gasteiger partial charge in [0.15, 0.2) is 0 Å². The fraction of sp³-hybridized carbons (Fsp3) is 0.0714. The Balaban J connectivity index is 1.93. The number of benzene rings is 1. The Hall–Kier alpha value is -3.09. The lowest BCUT2D eigenvalue weighted by Crippen LogP contribution is -2.09. The fourth-order valence-corrected chi connectivity index (χ4v) is 1.59. The first-order valence-electron chi connectivity index (χ1n) is 6.05. The summed E-state index contributed by atoms with van der Waals surface area (Å²) in [6.07, 6.45) is 5.73. The van der Waals surface area contributed by atoms with Crippen LogP contribution in [-0.4, -0.2) is 31.9 Å². The molecule has 1 aromatic heterocycles. The molecule has 2 rings (SSSR count). The third kappa shape index (κ3) is 4.50. The van der Waals surface area contributed by atoms with Crippen molar-refractivity contribution in [3.8, 4) is 5.75 Å². The van der Waals surface area contributed by atoms with Gasteiger partial charge in [-0.15, -0.1) is 0 Å². The molecule has 1 aromatic carbocycles. The third-order valence-corrected chi connectivity index (χ3v) is 2.52. The van der Waals surface area contributed by atoms with E-state index in [1.165, 1.54) is 35.3 Å². The van der Waals surface area contributed by atoms with Gasteiger partial charge >= 0.3 is 5.97 Å². The number of carboxylic acid groups (broad SMARTS) is 1. The average molecular weight is 287 g/mol. The Bertz CT molecular complexity index is 674. The van der Waals surface area contributed by atoms with E-state index >= 15 is 0 Å². The van der Waals surface area contributed by atoms with E-state index in [1.807, 2.05) is 0 Å². The van der Waals surface area contributed by atoms with Gasteiger partial charge in [0, 0.05) is 12.3 Å². The number of carbonyl (C=O) groups is 2. The monoisotopic (exact) mass is 287 g/mol. The van der Waals surface area contributed by atoms with E-state index in [-0.39, 0.29) is 18.2 Å². The maximum absolute atomic E-state index is 11.7. The summed E-state index contributed by atoms with van der Waals surface area (Å²) in [6, 6.07) is 6.38. The summed E-state index contributed by atoms with van der Waals surface area (Å²) in [7, 11) is 0. The van der Waals surface area contributed by atoms with Crippen LogP contribution in [0.3, 0.4) is 0 Å². The standard InChI is InChI=1S/C14H13N3O4/c18-12-4-1-10(2-5-12)3-6-13(19)16-11-7-15-17(8-11)9-14(20)21/h1-8,18H,9H2,(H,16,19)(H,20,21)/b6-3+. The zero-order valence-corrected chi connectivity index (χ0v) is 10.9. The molecule has 7 heteroatoms. The van der Waals surface area contributed by atoms with Gasteiger partial charge < -0.3 is 15.5 Å². The van der Waals surface area contributed by atoms with Crippen molar-refractivity contribution in [1.82, 2.24) is 9.78 Å². The molecule has 0 unspecified atom stereocenters. The molecule has 0 aliphatic rings. The molecule has 0 bridgehead atoms. The molecule has 21 heavy (non-hydrogen) atoms. The van der Waals surface area contributed by atoms with Crippen molar-refractivity contribution in [2.24, 2.45) is 0 Å². The van der Waals surface area contributed by atoms with E-state index in [0.717, 1.165) is 5.56 Å². The summed E-state index contributed by atoms with van der Waals surface area (Å²) in [6.45, 7) is -0.265. The highest BCUT2D eigenvalue weighted by Gasteiger charge is 2.04. The first-order valence-corrected chi connectivity index (χ1v) is 6.05. The van der Waals surface area contributed by atoms with Crippen LogP contribution in [0, 0.1) is 0 Å². The molecule has 0 spiro atoms. The first kappa shape index (κ1) is 14.3. The Morgan fingerprint density at radius 3 is 2.67 bits per heavy atom. The smallest absolute Gasteiger partial charge is 0.325 e. The number of aromatic nitrogens is 2. The zero-order chi connectivity index (χ0) is 15.2. The van der Waals surface area contributed by atoms with Crippen LogP contribution in [-0.2, 0) is 16.1 Å². The first-order chi connectivity index (χ1) is 10.0. The van der Waals surface area contributed by atoms with Crippen LogP contribution in [0.1, 0.15) is 5.56 Å². The molecule has 1 amide bonds. The average Bonchev–Trinajstić information content (AvgIpc) is 2.84. The number of anilines is 1. The van der Waals surface area contributed by atoms with E-state index in [2.05, 4.69) is 10.4 Å². The Kier molecular flexibility index (Phi) is 4.35. The summed E-state index contributed by atoms with van der Waals surface area (Å²) in [4.78, 5) is 22.2. The number of phenols is 1. The summed E-state index contributed by atoms with van der Waals surface area (Å²) in [5, 5.41) is 24.1. The normalized spacial score (nSPS) is 10.7. The number of amides is 1. The minimum absolute atomic E-state index is 0.155. The predicted molar refractivity (Wildman–Crippen MR) is 75.6 cm³/mol. The maximum atomic E-state index is 11.7. The van der Waals surface area contributed by atoms with Crippen LogP contribution in [0.4, 0.5) is 5.69 Å². The lowest BCUT2D eigenvalue weighted by atomic mass is 10.2. The lowest BCUT2D eigenvalue weighted by Gasteiger charge is -1.97. The molecule has 3 N–H and O–H groups in total. The fourth-order valence-electron chi connectivity index (χ4n) is 1.59. The summed E-state index contributed by atoms with van der Waals surface area (Å²) in [5.41, 5.74) is 1.18. The number of nitrogens with one attached hydrogen (secondary N) is 1. The predicted octanol–water partition coefficient (Wildman–Crippen LogP) is 1.33. The quantitative estimate of drug-likeness (QED) is 0.719. The molecule has 0 radical (unpaired) electrons. The van der Waals surface area contributed by atoms with Crippen molar-refractivity contribution in [3.05, 3.63) is 48.3 Å². The molecule has 2 aromatic rings. The summed E-state index contributed by atoms with van der Waals surface area (Å²) in [5.74, 6) is -1.22. The number of aliphatic carboxylic acids is 1. The Morgan fingerprint density at radius 1 is 1.29 bits per heavy atom. The number of hydrogen-bond donors (Lipinski definition) is 3.